The van der Waals surface area contributed by atoms with Crippen molar-refractivity contribution in [2.75, 3.05) is 5.32 Å². The van der Waals surface area contributed by atoms with E-state index in [1.54, 1.807) is 32.0 Å². The molecule has 0 spiro atoms. The van der Waals surface area contributed by atoms with Crippen molar-refractivity contribution < 1.29 is 18.8 Å². The quantitative estimate of drug-likeness (QED) is 0.827. The average molecular weight is 355 g/mol. The van der Waals surface area contributed by atoms with E-state index in [1.807, 2.05) is 0 Å². The summed E-state index contributed by atoms with van der Waals surface area (Å²) < 4.78 is 13.1. The number of nitrogens with zero attached hydrogens (tertiary/aromatic N) is 1. The summed E-state index contributed by atoms with van der Waals surface area (Å²) in [4.78, 5) is 37.8. The van der Waals surface area contributed by atoms with E-state index in [1.165, 1.54) is 29.2 Å². The normalized spacial score (nSPS) is 13.2. The van der Waals surface area contributed by atoms with Crippen molar-refractivity contribution in [3.8, 4) is 0 Å². The Labute approximate surface area is 150 Å². The molecule has 3 rings (SSSR count). The van der Waals surface area contributed by atoms with Crippen LogP contribution in [0, 0.1) is 5.82 Å². The lowest BCUT2D eigenvalue weighted by Crippen LogP contribution is -2.35. The van der Waals surface area contributed by atoms with Crippen LogP contribution in [-0.4, -0.2) is 28.8 Å². The lowest BCUT2D eigenvalue weighted by atomic mass is 10.1. The first-order valence-electron chi connectivity index (χ1n) is 8.18. The van der Waals surface area contributed by atoms with Crippen molar-refractivity contribution in [2.45, 2.75) is 26.4 Å². The Kier molecular flexibility index (Phi) is 4.71. The Morgan fingerprint density at radius 1 is 1.08 bits per heavy atom. The van der Waals surface area contributed by atoms with Crippen LogP contribution in [0.2, 0.25) is 0 Å². The van der Waals surface area contributed by atoms with Gasteiger partial charge in [-0.05, 0) is 49.7 Å². The molecule has 2 aromatic rings. The van der Waals surface area contributed by atoms with Crippen LogP contribution in [0.3, 0.4) is 0 Å². The molecule has 134 valence electrons. The molecule has 0 aliphatic carbocycles. The molecule has 1 aliphatic rings. The highest BCUT2D eigenvalue weighted by Gasteiger charge is 2.37. The Morgan fingerprint density at radius 2 is 1.81 bits per heavy atom. The van der Waals surface area contributed by atoms with E-state index in [0.717, 1.165) is 0 Å². The number of fused-ring (bicyclic) bond motifs is 1. The SMILES string of the molecule is CC(C)N1C(=O)c2ccc(NC(=O)NCc3cccc(F)c3)cc2C1=O. The number of hydrogen-bond acceptors (Lipinski definition) is 3. The smallest absolute Gasteiger partial charge is 0.319 e. The zero-order valence-corrected chi connectivity index (χ0v) is 14.4. The van der Waals surface area contributed by atoms with Crippen molar-refractivity contribution >= 4 is 23.5 Å². The predicted octanol–water partition coefficient (Wildman–Crippen LogP) is 3.15. The minimum atomic E-state index is -0.494. The summed E-state index contributed by atoms with van der Waals surface area (Å²) in [6.45, 7) is 3.69. The van der Waals surface area contributed by atoms with Gasteiger partial charge in [0.1, 0.15) is 5.82 Å². The lowest BCUT2D eigenvalue weighted by molar-refractivity contribution is 0.0609. The van der Waals surface area contributed by atoms with Crippen molar-refractivity contribution in [3.05, 3.63) is 65.0 Å². The number of carbonyl (C=O) groups is 3. The highest BCUT2D eigenvalue weighted by atomic mass is 19.1. The summed E-state index contributed by atoms with van der Waals surface area (Å²) in [5, 5.41) is 5.22. The molecule has 0 bridgehead atoms. The Hall–Kier alpha value is -3.22. The van der Waals surface area contributed by atoms with Gasteiger partial charge in [-0.2, -0.15) is 0 Å². The minimum absolute atomic E-state index is 0.160. The van der Waals surface area contributed by atoms with Gasteiger partial charge in [0.15, 0.2) is 0 Å². The fourth-order valence-electron chi connectivity index (χ4n) is 2.81. The molecule has 0 atom stereocenters. The summed E-state index contributed by atoms with van der Waals surface area (Å²) in [5.41, 5.74) is 1.62. The van der Waals surface area contributed by atoms with Gasteiger partial charge in [-0.3, -0.25) is 14.5 Å². The summed E-state index contributed by atoms with van der Waals surface area (Å²) in [7, 11) is 0. The number of rotatable bonds is 4. The van der Waals surface area contributed by atoms with Crippen molar-refractivity contribution in [2.24, 2.45) is 0 Å². The molecule has 1 heterocycles. The molecule has 26 heavy (non-hydrogen) atoms. The first-order chi connectivity index (χ1) is 12.4. The van der Waals surface area contributed by atoms with Gasteiger partial charge in [0.2, 0.25) is 0 Å². The average Bonchev–Trinajstić information content (AvgIpc) is 2.84. The largest absolute Gasteiger partial charge is 0.334 e. The molecule has 0 fully saturated rings. The highest BCUT2D eigenvalue weighted by molar-refractivity contribution is 6.22. The van der Waals surface area contributed by atoms with E-state index < -0.39 is 6.03 Å². The summed E-state index contributed by atoms with van der Waals surface area (Å²) in [5.74, 6) is -1.08. The standard InChI is InChI=1S/C19H18FN3O3/c1-11(2)23-17(24)15-7-6-14(9-16(15)18(23)25)22-19(26)21-10-12-4-3-5-13(20)8-12/h3-9,11H,10H2,1-2H3,(H2,21,22,26). The van der Waals surface area contributed by atoms with Crippen LogP contribution in [0.25, 0.3) is 0 Å². The molecule has 4 amide bonds. The Balaban J connectivity index is 1.68. The zero-order valence-electron chi connectivity index (χ0n) is 14.4. The van der Waals surface area contributed by atoms with Gasteiger partial charge in [0.25, 0.3) is 11.8 Å². The molecule has 1 aliphatic heterocycles. The number of nitrogens with one attached hydrogen (secondary N) is 2. The van der Waals surface area contributed by atoms with Gasteiger partial charge < -0.3 is 10.6 Å². The molecule has 0 radical (unpaired) electrons. The Morgan fingerprint density at radius 3 is 2.50 bits per heavy atom. The van der Waals surface area contributed by atoms with Gasteiger partial charge in [-0.15, -0.1) is 0 Å². The maximum absolute atomic E-state index is 13.1. The monoisotopic (exact) mass is 355 g/mol. The van der Waals surface area contributed by atoms with E-state index in [0.29, 0.717) is 16.8 Å². The van der Waals surface area contributed by atoms with Gasteiger partial charge in [-0.1, -0.05) is 12.1 Å². The van der Waals surface area contributed by atoms with E-state index in [2.05, 4.69) is 10.6 Å². The lowest BCUT2D eigenvalue weighted by Gasteiger charge is -2.17. The third kappa shape index (κ3) is 3.42. The third-order valence-corrected chi connectivity index (χ3v) is 4.03. The zero-order chi connectivity index (χ0) is 18.8. The second-order valence-electron chi connectivity index (χ2n) is 6.27. The number of urea groups is 1. The summed E-state index contributed by atoms with van der Waals surface area (Å²) >= 11 is 0. The number of halogens is 1. The van der Waals surface area contributed by atoms with Crippen LogP contribution in [0.5, 0.6) is 0 Å². The second-order valence-corrected chi connectivity index (χ2v) is 6.27. The molecule has 2 N–H and O–H groups in total. The van der Waals surface area contributed by atoms with Crippen LogP contribution >= 0.6 is 0 Å². The highest BCUT2D eigenvalue weighted by Crippen LogP contribution is 2.27. The first kappa shape index (κ1) is 17.6. The molecule has 6 nitrogen and oxygen atoms in total. The van der Waals surface area contributed by atoms with Crippen LogP contribution in [0.1, 0.15) is 40.1 Å². The number of benzene rings is 2. The number of imide groups is 1. The van der Waals surface area contributed by atoms with E-state index >= 15 is 0 Å². The maximum Gasteiger partial charge on any atom is 0.319 e. The van der Waals surface area contributed by atoms with E-state index in [9.17, 15) is 18.8 Å². The van der Waals surface area contributed by atoms with Gasteiger partial charge >= 0.3 is 6.03 Å². The molecule has 0 saturated carbocycles. The predicted molar refractivity (Wildman–Crippen MR) is 94.3 cm³/mol. The number of hydrogen-bond donors (Lipinski definition) is 2. The van der Waals surface area contributed by atoms with E-state index in [-0.39, 0.29) is 35.8 Å². The van der Waals surface area contributed by atoms with Gasteiger partial charge in [-0.25, -0.2) is 9.18 Å². The van der Waals surface area contributed by atoms with Gasteiger partial charge in [0.05, 0.1) is 11.1 Å². The molecular weight excluding hydrogens is 337 g/mol. The van der Waals surface area contributed by atoms with Crippen LogP contribution in [-0.2, 0) is 6.54 Å². The molecule has 0 saturated heterocycles. The topological polar surface area (TPSA) is 78.5 Å². The molecule has 7 heteroatoms. The van der Waals surface area contributed by atoms with Gasteiger partial charge in [0, 0.05) is 18.3 Å². The van der Waals surface area contributed by atoms with E-state index in [4.69, 9.17) is 0 Å². The number of carbonyl (C=O) groups excluding carboxylic acids is 3. The van der Waals surface area contributed by atoms with Crippen molar-refractivity contribution in [3.63, 3.8) is 0 Å². The van der Waals surface area contributed by atoms with Crippen LogP contribution in [0.15, 0.2) is 42.5 Å². The second kappa shape index (κ2) is 6.95. The summed E-state index contributed by atoms with van der Waals surface area (Å²) in [6.07, 6.45) is 0. The molecule has 0 aromatic heterocycles. The fraction of sp³-hybridized carbons (Fsp3) is 0.211. The fourth-order valence-corrected chi connectivity index (χ4v) is 2.81. The number of anilines is 1. The minimum Gasteiger partial charge on any atom is -0.334 e. The Bertz CT molecular complexity index is 895. The number of amides is 4. The molecule has 2 aromatic carbocycles. The van der Waals surface area contributed by atoms with Crippen LogP contribution < -0.4 is 10.6 Å². The third-order valence-electron chi connectivity index (χ3n) is 4.03. The maximum atomic E-state index is 13.1. The summed E-state index contributed by atoms with van der Waals surface area (Å²) in [6, 6.07) is 9.76. The van der Waals surface area contributed by atoms with Crippen molar-refractivity contribution in [1.29, 1.82) is 0 Å². The molecular formula is C19H18FN3O3. The molecule has 0 unspecified atom stereocenters. The van der Waals surface area contributed by atoms with Crippen LogP contribution in [0.4, 0.5) is 14.9 Å². The van der Waals surface area contributed by atoms with Crippen molar-refractivity contribution in [1.82, 2.24) is 10.2 Å². The first-order valence-corrected chi connectivity index (χ1v) is 8.18.